The molecule has 0 aliphatic carbocycles. The minimum Gasteiger partial charge on any atom is -0.495 e. The van der Waals surface area contributed by atoms with Crippen molar-refractivity contribution in [2.75, 3.05) is 7.11 Å². The highest BCUT2D eigenvalue weighted by atomic mass is 19.1. The van der Waals surface area contributed by atoms with Gasteiger partial charge < -0.3 is 15.2 Å². The average Bonchev–Trinajstić information content (AvgIpc) is 2.91. The molecule has 38 heavy (non-hydrogen) atoms. The summed E-state index contributed by atoms with van der Waals surface area (Å²) in [7, 11) is 1.54. The molecule has 1 atom stereocenters. The quantitative estimate of drug-likeness (QED) is 0.274. The van der Waals surface area contributed by atoms with Gasteiger partial charge in [-0.15, -0.1) is 0 Å². The summed E-state index contributed by atoms with van der Waals surface area (Å²) < 4.78 is 20.3. The number of aromatic nitrogens is 1. The van der Waals surface area contributed by atoms with Crippen LogP contribution in [0.15, 0.2) is 77.6 Å². The van der Waals surface area contributed by atoms with Gasteiger partial charge in [0.25, 0.3) is 11.5 Å². The summed E-state index contributed by atoms with van der Waals surface area (Å²) in [6.45, 7) is 1.81. The maximum absolute atomic E-state index is 13.7. The normalized spacial score (nSPS) is 11.8. The number of pyridine rings is 1. The van der Waals surface area contributed by atoms with Crippen LogP contribution in [0.4, 0.5) is 4.39 Å². The van der Waals surface area contributed by atoms with E-state index < -0.39 is 5.97 Å². The molecule has 1 amide bonds. The van der Waals surface area contributed by atoms with Crippen molar-refractivity contribution in [2.24, 2.45) is 0 Å². The molecular formula is C30H29FN2O5. The van der Waals surface area contributed by atoms with E-state index in [9.17, 15) is 18.8 Å². The number of nitrogens with zero attached hydrogens (tertiary/aromatic N) is 1. The van der Waals surface area contributed by atoms with Crippen LogP contribution >= 0.6 is 0 Å². The molecule has 4 aromatic rings. The van der Waals surface area contributed by atoms with Crippen LogP contribution < -0.4 is 15.6 Å². The Kier molecular flexibility index (Phi) is 8.21. The zero-order chi connectivity index (χ0) is 27.2. The number of aryl methyl sites for hydroxylation is 1. The zero-order valence-electron chi connectivity index (χ0n) is 21.2. The number of carboxylic acid groups (broad SMARTS) is 1. The number of para-hydroxylation sites is 2. The summed E-state index contributed by atoms with van der Waals surface area (Å²) in [6.07, 6.45) is 1.55. The number of carbonyl (C=O) groups excluding carboxylic acids is 1. The lowest BCUT2D eigenvalue weighted by atomic mass is 10.0. The molecule has 1 unspecified atom stereocenters. The number of benzene rings is 3. The van der Waals surface area contributed by atoms with E-state index in [0.29, 0.717) is 52.7 Å². The second kappa shape index (κ2) is 11.7. The van der Waals surface area contributed by atoms with Gasteiger partial charge in [-0.1, -0.05) is 24.3 Å². The Morgan fingerprint density at radius 2 is 1.76 bits per heavy atom. The number of carbonyl (C=O) groups is 2. The van der Waals surface area contributed by atoms with Gasteiger partial charge in [0.05, 0.1) is 18.8 Å². The number of halogens is 1. The van der Waals surface area contributed by atoms with Gasteiger partial charge in [-0.2, -0.15) is 0 Å². The lowest BCUT2D eigenvalue weighted by molar-refractivity contribution is -0.137. The average molecular weight is 517 g/mol. The molecular weight excluding hydrogens is 487 g/mol. The van der Waals surface area contributed by atoms with E-state index >= 15 is 0 Å². The van der Waals surface area contributed by atoms with E-state index in [0.717, 1.165) is 5.56 Å². The second-order valence-electron chi connectivity index (χ2n) is 9.10. The minimum atomic E-state index is -0.865. The molecule has 0 aliphatic rings. The highest BCUT2D eigenvalue weighted by molar-refractivity contribution is 5.98. The molecule has 0 spiro atoms. The van der Waals surface area contributed by atoms with Crippen LogP contribution in [0.25, 0.3) is 16.5 Å². The van der Waals surface area contributed by atoms with Gasteiger partial charge in [-0.3, -0.25) is 19.0 Å². The molecule has 196 valence electrons. The van der Waals surface area contributed by atoms with E-state index in [4.69, 9.17) is 9.84 Å². The maximum atomic E-state index is 13.7. The number of nitrogens with one attached hydrogen (secondary N) is 1. The van der Waals surface area contributed by atoms with Gasteiger partial charge in [-0.05, 0) is 85.7 Å². The number of amides is 1. The molecule has 0 saturated heterocycles. The third kappa shape index (κ3) is 5.91. The van der Waals surface area contributed by atoms with Crippen molar-refractivity contribution in [2.45, 2.75) is 38.6 Å². The lowest BCUT2D eigenvalue weighted by Gasteiger charge is -2.18. The summed E-state index contributed by atoms with van der Waals surface area (Å²) in [6, 6.07) is 19.6. The molecule has 1 heterocycles. The van der Waals surface area contributed by atoms with Gasteiger partial charge in [0, 0.05) is 23.1 Å². The molecule has 8 heteroatoms. The van der Waals surface area contributed by atoms with Crippen molar-refractivity contribution in [1.82, 2.24) is 9.88 Å². The molecule has 1 aromatic heterocycles. The Balaban J connectivity index is 1.71. The van der Waals surface area contributed by atoms with Crippen molar-refractivity contribution >= 4 is 22.6 Å². The van der Waals surface area contributed by atoms with E-state index in [1.807, 2.05) is 25.1 Å². The van der Waals surface area contributed by atoms with Gasteiger partial charge >= 0.3 is 5.97 Å². The van der Waals surface area contributed by atoms with E-state index in [1.54, 1.807) is 47.0 Å². The second-order valence-corrected chi connectivity index (χ2v) is 9.10. The zero-order valence-corrected chi connectivity index (χ0v) is 21.2. The first-order chi connectivity index (χ1) is 18.3. The van der Waals surface area contributed by atoms with Crippen molar-refractivity contribution < 1.29 is 23.8 Å². The van der Waals surface area contributed by atoms with Gasteiger partial charge in [0.1, 0.15) is 11.6 Å². The van der Waals surface area contributed by atoms with Gasteiger partial charge in [0.15, 0.2) is 0 Å². The van der Waals surface area contributed by atoms with Gasteiger partial charge in [0.2, 0.25) is 0 Å². The highest BCUT2D eigenvalue weighted by Gasteiger charge is 2.17. The number of fused-ring (bicyclic) bond motifs is 1. The fraction of sp³-hybridized carbons (Fsp3) is 0.233. The summed E-state index contributed by atoms with van der Waals surface area (Å²) in [4.78, 5) is 37.7. The number of aliphatic carboxylic acids is 1. The number of ether oxygens (including phenoxy) is 1. The number of hydrogen-bond donors (Lipinski definition) is 2. The fourth-order valence-electron chi connectivity index (χ4n) is 4.47. The molecule has 7 nitrogen and oxygen atoms in total. The Morgan fingerprint density at radius 1 is 1.03 bits per heavy atom. The first kappa shape index (κ1) is 26.6. The molecule has 0 radical (unpaired) electrons. The monoisotopic (exact) mass is 516 g/mol. The van der Waals surface area contributed by atoms with E-state index in [-0.39, 0.29) is 29.7 Å². The Bertz CT molecular complexity index is 1530. The molecule has 0 aliphatic heterocycles. The Hall–Kier alpha value is -4.46. The molecule has 2 N–H and O–H groups in total. The molecule has 0 fully saturated rings. The Labute approximate surface area is 219 Å². The fourth-order valence-corrected chi connectivity index (χ4v) is 4.47. The van der Waals surface area contributed by atoms with Crippen molar-refractivity contribution in [3.05, 3.63) is 106 Å². The van der Waals surface area contributed by atoms with Crippen LogP contribution in [0.1, 0.15) is 53.8 Å². The summed E-state index contributed by atoms with van der Waals surface area (Å²) in [5, 5.41) is 13.0. The lowest BCUT2D eigenvalue weighted by Crippen LogP contribution is -2.27. The van der Waals surface area contributed by atoms with Gasteiger partial charge in [-0.25, -0.2) is 4.39 Å². The summed E-state index contributed by atoms with van der Waals surface area (Å²) >= 11 is 0. The van der Waals surface area contributed by atoms with Crippen molar-refractivity contribution in [3.63, 3.8) is 0 Å². The number of hydrogen-bond acceptors (Lipinski definition) is 4. The first-order valence-corrected chi connectivity index (χ1v) is 12.4. The third-order valence-corrected chi connectivity index (χ3v) is 6.47. The van der Waals surface area contributed by atoms with Crippen LogP contribution in [0.2, 0.25) is 0 Å². The smallest absolute Gasteiger partial charge is 0.303 e. The van der Waals surface area contributed by atoms with Crippen LogP contribution in [0.5, 0.6) is 5.75 Å². The minimum absolute atomic E-state index is 0.0447. The van der Waals surface area contributed by atoms with Crippen LogP contribution in [0.3, 0.4) is 0 Å². The maximum Gasteiger partial charge on any atom is 0.303 e. The Morgan fingerprint density at radius 3 is 2.47 bits per heavy atom. The van der Waals surface area contributed by atoms with E-state index in [2.05, 4.69) is 5.32 Å². The first-order valence-electron chi connectivity index (χ1n) is 12.4. The SMILES string of the molecule is COc1ccccc1-n1c(CCCCC(=O)O)cc2cc(C(=O)NC(C)c3ccc(F)cc3)ccc2c1=O. The number of carboxylic acids is 1. The van der Waals surface area contributed by atoms with E-state index in [1.165, 1.54) is 19.2 Å². The summed E-state index contributed by atoms with van der Waals surface area (Å²) in [5.41, 5.74) is 2.17. The molecule has 0 bridgehead atoms. The number of rotatable bonds is 10. The number of methoxy groups -OCH3 is 1. The molecule has 0 saturated carbocycles. The predicted octanol–water partition coefficient (Wildman–Crippen LogP) is 5.43. The standard InChI is InChI=1S/C30H29FN2O5/c1-19(20-11-14-23(31)15-12-20)32-29(36)21-13-16-25-22(17-21)18-24(7-3-6-10-28(34)35)33(30(25)37)26-8-4-5-9-27(26)38-2/h4-5,8-9,11-19H,3,6-7,10H2,1-2H3,(H,32,36)(H,34,35). The molecule has 4 rings (SSSR count). The van der Waals surface area contributed by atoms with Crippen LogP contribution in [-0.2, 0) is 11.2 Å². The third-order valence-electron chi connectivity index (χ3n) is 6.47. The van der Waals surface area contributed by atoms with Crippen molar-refractivity contribution in [1.29, 1.82) is 0 Å². The van der Waals surface area contributed by atoms with Crippen molar-refractivity contribution in [3.8, 4) is 11.4 Å². The van der Waals surface area contributed by atoms with Crippen LogP contribution in [0, 0.1) is 5.82 Å². The largest absolute Gasteiger partial charge is 0.495 e. The predicted molar refractivity (Wildman–Crippen MR) is 144 cm³/mol. The number of unbranched alkanes of at least 4 members (excludes halogenated alkanes) is 1. The van der Waals surface area contributed by atoms with Crippen LogP contribution in [-0.4, -0.2) is 28.7 Å². The molecule has 3 aromatic carbocycles. The summed E-state index contributed by atoms with van der Waals surface area (Å²) in [5.74, 6) is -0.998. The highest BCUT2D eigenvalue weighted by Crippen LogP contribution is 2.26. The topological polar surface area (TPSA) is 97.6 Å².